The Hall–Kier alpha value is -2.62. The number of amides is 2. The Labute approximate surface area is 156 Å². The number of carbonyl (C=O) groups is 2. The number of aryl methyl sites for hydroxylation is 2. The fourth-order valence-electron chi connectivity index (χ4n) is 2.89. The predicted molar refractivity (Wildman–Crippen MR) is 106 cm³/mol. The maximum absolute atomic E-state index is 12.6. The van der Waals surface area contributed by atoms with Crippen LogP contribution in [0.1, 0.15) is 48.9 Å². The van der Waals surface area contributed by atoms with Crippen LogP contribution in [0, 0.1) is 13.8 Å². The molecule has 1 N–H and O–H groups in total. The number of anilines is 1. The Bertz CT molecular complexity index is 779. The standard InChI is InChI=1S/C22H28N2O2/c1-15(2)20-8-6-7-17(4)22(20)23-21(26)14-24(18(5)25)13-19-11-9-16(3)10-12-19/h6-12,15H,13-14H2,1-5H3,(H,23,26). The maximum atomic E-state index is 12.6. The zero-order chi connectivity index (χ0) is 19.3. The molecular formula is C22H28N2O2. The van der Waals surface area contributed by atoms with Gasteiger partial charge in [0.1, 0.15) is 6.54 Å². The van der Waals surface area contributed by atoms with Crippen LogP contribution in [0.15, 0.2) is 42.5 Å². The van der Waals surface area contributed by atoms with E-state index in [1.54, 1.807) is 4.90 Å². The lowest BCUT2D eigenvalue weighted by molar-refractivity contribution is -0.133. The molecule has 2 amide bonds. The van der Waals surface area contributed by atoms with Crippen molar-refractivity contribution in [1.82, 2.24) is 4.90 Å². The van der Waals surface area contributed by atoms with Crippen LogP contribution in [-0.2, 0) is 16.1 Å². The highest BCUT2D eigenvalue weighted by atomic mass is 16.2. The maximum Gasteiger partial charge on any atom is 0.244 e. The van der Waals surface area contributed by atoms with Gasteiger partial charge in [0.2, 0.25) is 11.8 Å². The molecule has 0 radical (unpaired) electrons. The van der Waals surface area contributed by atoms with Crippen molar-refractivity contribution in [2.24, 2.45) is 0 Å². The van der Waals surface area contributed by atoms with Crippen molar-refractivity contribution in [2.75, 3.05) is 11.9 Å². The van der Waals surface area contributed by atoms with Gasteiger partial charge in [-0.2, -0.15) is 0 Å². The van der Waals surface area contributed by atoms with E-state index in [4.69, 9.17) is 0 Å². The molecule has 0 unspecified atom stereocenters. The number of nitrogens with one attached hydrogen (secondary N) is 1. The summed E-state index contributed by atoms with van der Waals surface area (Å²) < 4.78 is 0. The van der Waals surface area contributed by atoms with Gasteiger partial charge in [-0.3, -0.25) is 9.59 Å². The molecule has 0 aromatic heterocycles. The van der Waals surface area contributed by atoms with Gasteiger partial charge in [0.25, 0.3) is 0 Å². The summed E-state index contributed by atoms with van der Waals surface area (Å²) in [6, 6.07) is 14.0. The largest absolute Gasteiger partial charge is 0.329 e. The Morgan fingerprint density at radius 2 is 1.69 bits per heavy atom. The van der Waals surface area contributed by atoms with Crippen LogP contribution in [0.3, 0.4) is 0 Å². The average molecular weight is 352 g/mol. The van der Waals surface area contributed by atoms with Gasteiger partial charge in [-0.15, -0.1) is 0 Å². The Balaban J connectivity index is 2.11. The number of nitrogens with zero attached hydrogens (tertiary/aromatic N) is 1. The highest BCUT2D eigenvalue weighted by molar-refractivity contribution is 5.95. The number of benzene rings is 2. The van der Waals surface area contributed by atoms with Crippen LogP contribution in [0.25, 0.3) is 0 Å². The van der Waals surface area contributed by atoms with E-state index >= 15 is 0 Å². The Morgan fingerprint density at radius 1 is 1.04 bits per heavy atom. The van der Waals surface area contributed by atoms with Crippen molar-refractivity contribution in [3.05, 3.63) is 64.7 Å². The molecule has 2 aromatic carbocycles. The van der Waals surface area contributed by atoms with Gasteiger partial charge in [-0.1, -0.05) is 61.9 Å². The first kappa shape index (κ1) is 19.7. The second kappa shape index (κ2) is 8.65. The molecule has 2 rings (SSSR count). The minimum Gasteiger partial charge on any atom is -0.329 e. The second-order valence-corrected chi connectivity index (χ2v) is 7.10. The molecule has 0 saturated carbocycles. The highest BCUT2D eigenvalue weighted by Crippen LogP contribution is 2.27. The molecule has 0 aliphatic carbocycles. The summed E-state index contributed by atoms with van der Waals surface area (Å²) in [4.78, 5) is 26.1. The summed E-state index contributed by atoms with van der Waals surface area (Å²) in [5.74, 6) is 0.0137. The number of para-hydroxylation sites is 1. The van der Waals surface area contributed by atoms with Crippen LogP contribution >= 0.6 is 0 Å². The average Bonchev–Trinajstić information content (AvgIpc) is 2.57. The summed E-state index contributed by atoms with van der Waals surface area (Å²) in [6.07, 6.45) is 0. The normalized spacial score (nSPS) is 10.7. The van der Waals surface area contributed by atoms with Crippen molar-refractivity contribution < 1.29 is 9.59 Å². The van der Waals surface area contributed by atoms with Crippen molar-refractivity contribution >= 4 is 17.5 Å². The van der Waals surface area contributed by atoms with E-state index in [1.807, 2.05) is 56.3 Å². The summed E-state index contributed by atoms with van der Waals surface area (Å²) in [6.45, 7) is 10.2. The third-order valence-corrected chi connectivity index (χ3v) is 4.47. The highest BCUT2D eigenvalue weighted by Gasteiger charge is 2.17. The summed E-state index contributed by atoms with van der Waals surface area (Å²) >= 11 is 0. The van der Waals surface area contributed by atoms with Gasteiger partial charge in [-0.25, -0.2) is 0 Å². The summed E-state index contributed by atoms with van der Waals surface area (Å²) in [7, 11) is 0. The molecule has 0 aliphatic heterocycles. The van der Waals surface area contributed by atoms with Crippen LogP contribution in [-0.4, -0.2) is 23.3 Å². The van der Waals surface area contributed by atoms with E-state index in [2.05, 4.69) is 19.2 Å². The molecule has 0 spiro atoms. The van der Waals surface area contributed by atoms with Gasteiger partial charge < -0.3 is 10.2 Å². The molecule has 0 fully saturated rings. The molecule has 0 atom stereocenters. The first-order valence-electron chi connectivity index (χ1n) is 8.98. The van der Waals surface area contributed by atoms with Crippen LogP contribution in [0.5, 0.6) is 0 Å². The van der Waals surface area contributed by atoms with Crippen molar-refractivity contribution in [2.45, 2.75) is 47.1 Å². The molecule has 0 saturated heterocycles. The zero-order valence-electron chi connectivity index (χ0n) is 16.3. The fraction of sp³-hybridized carbons (Fsp3) is 0.364. The number of hydrogen-bond donors (Lipinski definition) is 1. The topological polar surface area (TPSA) is 49.4 Å². The van der Waals surface area contributed by atoms with Gasteiger partial charge in [0.15, 0.2) is 0 Å². The lowest BCUT2D eigenvalue weighted by atomic mass is 9.98. The molecule has 2 aromatic rings. The summed E-state index contributed by atoms with van der Waals surface area (Å²) in [5, 5.41) is 3.01. The third-order valence-electron chi connectivity index (χ3n) is 4.47. The SMILES string of the molecule is CC(=O)N(CC(=O)Nc1c(C)cccc1C(C)C)Cc1ccc(C)cc1. The monoisotopic (exact) mass is 352 g/mol. The predicted octanol–water partition coefficient (Wildman–Crippen LogP) is 4.41. The Kier molecular flexibility index (Phi) is 6.56. The van der Waals surface area contributed by atoms with Gasteiger partial charge in [0, 0.05) is 19.2 Å². The van der Waals surface area contributed by atoms with E-state index in [1.165, 1.54) is 12.5 Å². The quantitative estimate of drug-likeness (QED) is 0.837. The molecule has 0 heterocycles. The fourth-order valence-corrected chi connectivity index (χ4v) is 2.89. The first-order valence-corrected chi connectivity index (χ1v) is 8.98. The van der Waals surface area contributed by atoms with E-state index in [0.717, 1.165) is 22.4 Å². The Morgan fingerprint density at radius 3 is 2.27 bits per heavy atom. The second-order valence-electron chi connectivity index (χ2n) is 7.10. The van der Waals surface area contributed by atoms with E-state index in [-0.39, 0.29) is 18.4 Å². The van der Waals surface area contributed by atoms with Crippen molar-refractivity contribution in [3.8, 4) is 0 Å². The number of carbonyl (C=O) groups excluding carboxylic acids is 2. The van der Waals surface area contributed by atoms with Gasteiger partial charge >= 0.3 is 0 Å². The molecule has 4 nitrogen and oxygen atoms in total. The lowest BCUT2D eigenvalue weighted by Crippen LogP contribution is -2.36. The van der Waals surface area contributed by atoms with Crippen molar-refractivity contribution in [1.29, 1.82) is 0 Å². The summed E-state index contributed by atoms with van der Waals surface area (Å²) in [5.41, 5.74) is 5.16. The van der Waals surface area contributed by atoms with Gasteiger partial charge in [-0.05, 0) is 36.5 Å². The molecule has 26 heavy (non-hydrogen) atoms. The van der Waals surface area contributed by atoms with Crippen LogP contribution in [0.2, 0.25) is 0 Å². The van der Waals surface area contributed by atoms with E-state index in [0.29, 0.717) is 12.5 Å². The molecular weight excluding hydrogens is 324 g/mol. The van der Waals surface area contributed by atoms with E-state index in [9.17, 15) is 9.59 Å². The first-order chi connectivity index (χ1) is 12.3. The molecule has 138 valence electrons. The van der Waals surface area contributed by atoms with Crippen LogP contribution < -0.4 is 5.32 Å². The van der Waals surface area contributed by atoms with Crippen LogP contribution in [0.4, 0.5) is 5.69 Å². The van der Waals surface area contributed by atoms with Gasteiger partial charge in [0.05, 0.1) is 0 Å². The number of hydrogen-bond acceptors (Lipinski definition) is 2. The minimum atomic E-state index is -0.177. The molecule has 4 heteroatoms. The number of rotatable bonds is 6. The third kappa shape index (κ3) is 5.19. The van der Waals surface area contributed by atoms with Crippen molar-refractivity contribution in [3.63, 3.8) is 0 Å². The smallest absolute Gasteiger partial charge is 0.244 e. The molecule has 0 aliphatic rings. The minimum absolute atomic E-state index is 0.0368. The zero-order valence-corrected chi connectivity index (χ0v) is 16.3. The lowest BCUT2D eigenvalue weighted by Gasteiger charge is -2.22. The van der Waals surface area contributed by atoms with E-state index < -0.39 is 0 Å². The molecule has 0 bridgehead atoms.